The van der Waals surface area contributed by atoms with Crippen molar-refractivity contribution in [3.63, 3.8) is 0 Å². The topological polar surface area (TPSA) is 60.5 Å². The van der Waals surface area contributed by atoms with Gasteiger partial charge in [0, 0.05) is 16.6 Å². The third-order valence-electron chi connectivity index (χ3n) is 4.18. The molecule has 0 aliphatic heterocycles. The quantitative estimate of drug-likeness (QED) is 0.549. The molecule has 0 radical (unpaired) electrons. The Labute approximate surface area is 171 Å². The predicted octanol–water partition coefficient (Wildman–Crippen LogP) is 5.16. The Morgan fingerprint density at radius 2 is 1.93 bits per heavy atom. The highest BCUT2D eigenvalue weighted by molar-refractivity contribution is 7.10. The molecule has 1 aromatic heterocycles. The maximum absolute atomic E-state index is 12.5. The molecule has 0 saturated carbocycles. The van der Waals surface area contributed by atoms with Gasteiger partial charge in [0.25, 0.3) is 0 Å². The zero-order chi connectivity index (χ0) is 20.8. The standard InChI is InChI=1S/C21H20F2N2O3S/c1-3-13-4-7-15(8-5-13)24-19(26)11-20-25-16(12-29-20)14-6-9-17(28-21(22)23)18(10-14)27-2/h4-10,12,21H,3,11H2,1-2H3,(H,24,26). The summed E-state index contributed by atoms with van der Waals surface area (Å²) in [6, 6.07) is 12.3. The van der Waals surface area contributed by atoms with Crippen molar-refractivity contribution in [1.82, 2.24) is 4.98 Å². The SMILES string of the molecule is CCc1ccc(NC(=O)Cc2nc(-c3ccc(OC(F)F)c(OC)c3)cs2)cc1. The van der Waals surface area contributed by atoms with Gasteiger partial charge in [0.05, 0.1) is 19.2 Å². The molecule has 0 saturated heterocycles. The van der Waals surface area contributed by atoms with Gasteiger partial charge in [0.1, 0.15) is 5.01 Å². The van der Waals surface area contributed by atoms with Crippen LogP contribution in [0.3, 0.4) is 0 Å². The third kappa shape index (κ3) is 5.51. The van der Waals surface area contributed by atoms with Crippen molar-refractivity contribution in [2.45, 2.75) is 26.4 Å². The molecule has 29 heavy (non-hydrogen) atoms. The highest BCUT2D eigenvalue weighted by Crippen LogP contribution is 2.34. The molecule has 3 rings (SSSR count). The van der Waals surface area contributed by atoms with Crippen LogP contribution in [-0.2, 0) is 17.6 Å². The normalized spacial score (nSPS) is 10.8. The number of alkyl halides is 2. The van der Waals surface area contributed by atoms with E-state index >= 15 is 0 Å². The lowest BCUT2D eigenvalue weighted by atomic mass is 10.1. The van der Waals surface area contributed by atoms with E-state index in [1.807, 2.05) is 24.3 Å². The molecule has 0 unspecified atom stereocenters. The summed E-state index contributed by atoms with van der Waals surface area (Å²) in [5.74, 6) is -0.0193. The van der Waals surface area contributed by atoms with E-state index in [2.05, 4.69) is 22.0 Å². The number of hydrogen-bond donors (Lipinski definition) is 1. The Morgan fingerprint density at radius 3 is 2.59 bits per heavy atom. The zero-order valence-electron chi connectivity index (χ0n) is 15.9. The predicted molar refractivity (Wildman–Crippen MR) is 109 cm³/mol. The molecule has 0 spiro atoms. The summed E-state index contributed by atoms with van der Waals surface area (Å²) < 4.78 is 34.4. The molecule has 8 heteroatoms. The summed E-state index contributed by atoms with van der Waals surface area (Å²) in [7, 11) is 1.38. The van der Waals surface area contributed by atoms with E-state index in [-0.39, 0.29) is 23.8 Å². The van der Waals surface area contributed by atoms with Crippen LogP contribution in [0.1, 0.15) is 17.5 Å². The second-order valence-electron chi connectivity index (χ2n) is 6.15. The highest BCUT2D eigenvalue weighted by Gasteiger charge is 2.14. The Morgan fingerprint density at radius 1 is 1.17 bits per heavy atom. The van der Waals surface area contributed by atoms with Crippen LogP contribution in [-0.4, -0.2) is 24.6 Å². The van der Waals surface area contributed by atoms with Gasteiger partial charge in [-0.25, -0.2) is 4.98 Å². The molecule has 0 bridgehead atoms. The molecular formula is C21H20F2N2O3S. The Kier molecular flexibility index (Phi) is 6.77. The Hall–Kier alpha value is -3.00. The smallest absolute Gasteiger partial charge is 0.387 e. The van der Waals surface area contributed by atoms with Gasteiger partial charge in [-0.3, -0.25) is 4.79 Å². The van der Waals surface area contributed by atoms with Gasteiger partial charge in [-0.15, -0.1) is 11.3 Å². The number of anilines is 1. The fourth-order valence-corrected chi connectivity index (χ4v) is 3.51. The fourth-order valence-electron chi connectivity index (χ4n) is 2.71. The summed E-state index contributed by atoms with van der Waals surface area (Å²) in [4.78, 5) is 16.7. The molecule has 0 aliphatic carbocycles. The Bertz CT molecular complexity index is 974. The first kappa shape index (κ1) is 20.7. The molecular weight excluding hydrogens is 398 g/mol. The van der Waals surface area contributed by atoms with Crippen LogP contribution in [0, 0.1) is 0 Å². The van der Waals surface area contributed by atoms with Gasteiger partial charge in [0.2, 0.25) is 5.91 Å². The van der Waals surface area contributed by atoms with Gasteiger partial charge < -0.3 is 14.8 Å². The fraction of sp³-hybridized carbons (Fsp3) is 0.238. The minimum Gasteiger partial charge on any atom is -0.493 e. The van der Waals surface area contributed by atoms with E-state index in [1.165, 1.54) is 30.1 Å². The number of hydrogen-bond acceptors (Lipinski definition) is 5. The Balaban J connectivity index is 1.67. The summed E-state index contributed by atoms with van der Waals surface area (Å²) in [5.41, 5.74) is 3.25. The van der Waals surface area contributed by atoms with E-state index in [1.54, 1.807) is 17.5 Å². The van der Waals surface area contributed by atoms with Gasteiger partial charge in [-0.05, 0) is 42.3 Å². The van der Waals surface area contributed by atoms with Crippen LogP contribution in [0.2, 0.25) is 0 Å². The number of nitrogens with zero attached hydrogens (tertiary/aromatic N) is 1. The minimum atomic E-state index is -2.93. The molecule has 2 aromatic carbocycles. The van der Waals surface area contributed by atoms with Crippen LogP contribution in [0.15, 0.2) is 47.8 Å². The van der Waals surface area contributed by atoms with E-state index < -0.39 is 6.61 Å². The van der Waals surface area contributed by atoms with E-state index in [9.17, 15) is 13.6 Å². The van der Waals surface area contributed by atoms with Gasteiger partial charge >= 0.3 is 6.61 Å². The average Bonchev–Trinajstić information content (AvgIpc) is 3.16. The van der Waals surface area contributed by atoms with Crippen LogP contribution >= 0.6 is 11.3 Å². The van der Waals surface area contributed by atoms with Gasteiger partial charge in [0.15, 0.2) is 11.5 Å². The van der Waals surface area contributed by atoms with Crippen molar-refractivity contribution in [3.8, 4) is 22.8 Å². The van der Waals surface area contributed by atoms with Crippen LogP contribution < -0.4 is 14.8 Å². The highest BCUT2D eigenvalue weighted by atomic mass is 32.1. The number of aromatic nitrogens is 1. The zero-order valence-corrected chi connectivity index (χ0v) is 16.8. The molecule has 5 nitrogen and oxygen atoms in total. The molecule has 0 fully saturated rings. The lowest BCUT2D eigenvalue weighted by Gasteiger charge is -2.10. The molecule has 0 aliphatic rings. The molecule has 3 aromatic rings. The van der Waals surface area contributed by atoms with Crippen LogP contribution in [0.4, 0.5) is 14.5 Å². The van der Waals surface area contributed by atoms with Crippen LogP contribution in [0.25, 0.3) is 11.3 Å². The number of benzene rings is 2. The largest absolute Gasteiger partial charge is 0.493 e. The first-order valence-corrected chi connectivity index (χ1v) is 9.83. The molecule has 0 atom stereocenters. The summed E-state index contributed by atoms with van der Waals surface area (Å²) in [6.07, 6.45) is 1.08. The first-order chi connectivity index (χ1) is 14.0. The van der Waals surface area contributed by atoms with Crippen molar-refractivity contribution < 1.29 is 23.0 Å². The van der Waals surface area contributed by atoms with Crippen molar-refractivity contribution in [2.75, 3.05) is 12.4 Å². The monoisotopic (exact) mass is 418 g/mol. The number of thiazole rings is 1. The van der Waals surface area contributed by atoms with Crippen molar-refractivity contribution in [2.24, 2.45) is 0 Å². The van der Waals surface area contributed by atoms with E-state index in [0.717, 1.165) is 12.1 Å². The van der Waals surface area contributed by atoms with Crippen molar-refractivity contribution in [3.05, 3.63) is 58.4 Å². The van der Waals surface area contributed by atoms with E-state index in [0.29, 0.717) is 16.3 Å². The number of carbonyl (C=O) groups is 1. The number of halogens is 2. The van der Waals surface area contributed by atoms with Crippen molar-refractivity contribution in [1.29, 1.82) is 0 Å². The third-order valence-corrected chi connectivity index (χ3v) is 5.03. The summed E-state index contributed by atoms with van der Waals surface area (Å²) in [5, 5.41) is 5.31. The number of ether oxygens (including phenoxy) is 2. The number of rotatable bonds is 8. The second kappa shape index (κ2) is 9.47. The number of aryl methyl sites for hydroxylation is 1. The van der Waals surface area contributed by atoms with Crippen LogP contribution in [0.5, 0.6) is 11.5 Å². The van der Waals surface area contributed by atoms with Crippen molar-refractivity contribution >= 4 is 22.9 Å². The maximum atomic E-state index is 12.5. The first-order valence-electron chi connectivity index (χ1n) is 8.95. The van der Waals surface area contributed by atoms with Gasteiger partial charge in [-0.1, -0.05) is 19.1 Å². The number of methoxy groups -OCH3 is 1. The van der Waals surface area contributed by atoms with E-state index in [4.69, 9.17) is 4.74 Å². The number of amides is 1. The maximum Gasteiger partial charge on any atom is 0.387 e. The van der Waals surface area contributed by atoms with Gasteiger partial charge in [-0.2, -0.15) is 8.78 Å². The lowest BCUT2D eigenvalue weighted by Crippen LogP contribution is -2.14. The molecule has 152 valence electrons. The number of carbonyl (C=O) groups excluding carboxylic acids is 1. The average molecular weight is 418 g/mol. The molecule has 1 heterocycles. The minimum absolute atomic E-state index is 0.0461. The number of nitrogens with one attached hydrogen (secondary N) is 1. The second-order valence-corrected chi connectivity index (χ2v) is 7.09. The summed E-state index contributed by atoms with van der Waals surface area (Å²) >= 11 is 1.35. The lowest BCUT2D eigenvalue weighted by molar-refractivity contribution is -0.115. The molecule has 1 amide bonds. The summed E-state index contributed by atoms with van der Waals surface area (Å²) in [6.45, 7) is -0.861. The molecule has 1 N–H and O–H groups in total.